The third-order valence-electron chi connectivity index (χ3n) is 3.76. The minimum absolute atomic E-state index is 0. The second-order valence-corrected chi connectivity index (χ2v) is 5.41. The fourth-order valence-corrected chi connectivity index (χ4v) is 2.50. The SMILES string of the molecule is COCCN(Cc1ccc2c(c1)OCO2)C(=O)c1coc(CN)c1.Cl. The Balaban J connectivity index is 0.00000225. The second-order valence-electron chi connectivity index (χ2n) is 5.41. The van der Waals surface area contributed by atoms with E-state index in [9.17, 15) is 4.79 Å². The van der Waals surface area contributed by atoms with E-state index in [1.807, 2.05) is 18.2 Å². The van der Waals surface area contributed by atoms with Gasteiger partial charge in [-0.05, 0) is 23.8 Å². The van der Waals surface area contributed by atoms with E-state index in [1.54, 1.807) is 18.1 Å². The van der Waals surface area contributed by atoms with E-state index in [-0.39, 0.29) is 31.7 Å². The molecule has 2 N–H and O–H groups in total. The first-order chi connectivity index (χ1) is 11.7. The Labute approximate surface area is 152 Å². The number of carbonyl (C=O) groups excluding carboxylic acids is 1. The number of hydrogen-bond acceptors (Lipinski definition) is 6. The van der Waals surface area contributed by atoms with Crippen molar-refractivity contribution in [3.63, 3.8) is 0 Å². The first-order valence-corrected chi connectivity index (χ1v) is 7.65. The molecule has 0 aliphatic carbocycles. The van der Waals surface area contributed by atoms with Gasteiger partial charge in [-0.3, -0.25) is 4.79 Å². The number of nitrogens with two attached hydrogens (primary N) is 1. The number of rotatable bonds is 7. The summed E-state index contributed by atoms with van der Waals surface area (Å²) in [5, 5.41) is 0. The van der Waals surface area contributed by atoms with E-state index in [0.717, 1.165) is 11.3 Å². The number of hydrogen-bond donors (Lipinski definition) is 1. The number of amides is 1. The fourth-order valence-electron chi connectivity index (χ4n) is 2.50. The molecule has 8 heteroatoms. The molecule has 2 aromatic rings. The van der Waals surface area contributed by atoms with E-state index in [1.165, 1.54) is 6.26 Å². The van der Waals surface area contributed by atoms with Gasteiger partial charge < -0.3 is 29.3 Å². The van der Waals surface area contributed by atoms with Gasteiger partial charge in [-0.15, -0.1) is 12.4 Å². The van der Waals surface area contributed by atoms with Crippen LogP contribution in [0, 0.1) is 0 Å². The number of ether oxygens (including phenoxy) is 3. The number of methoxy groups -OCH3 is 1. The fraction of sp³-hybridized carbons (Fsp3) is 0.353. The monoisotopic (exact) mass is 368 g/mol. The van der Waals surface area contributed by atoms with Gasteiger partial charge in [0.05, 0.1) is 18.7 Å². The van der Waals surface area contributed by atoms with Crippen molar-refractivity contribution in [1.82, 2.24) is 4.90 Å². The van der Waals surface area contributed by atoms with Gasteiger partial charge in [0.15, 0.2) is 11.5 Å². The number of halogens is 1. The number of fused-ring (bicyclic) bond motifs is 1. The van der Waals surface area contributed by atoms with Gasteiger partial charge in [-0.2, -0.15) is 0 Å². The third-order valence-corrected chi connectivity index (χ3v) is 3.76. The Hall–Kier alpha value is -2.22. The highest BCUT2D eigenvalue weighted by molar-refractivity contribution is 5.94. The Morgan fingerprint density at radius 2 is 2.08 bits per heavy atom. The Morgan fingerprint density at radius 3 is 2.80 bits per heavy atom. The summed E-state index contributed by atoms with van der Waals surface area (Å²) in [6.45, 7) is 1.82. The zero-order valence-corrected chi connectivity index (χ0v) is 14.7. The van der Waals surface area contributed by atoms with Crippen LogP contribution in [-0.2, 0) is 17.8 Å². The molecule has 0 saturated heterocycles. The van der Waals surface area contributed by atoms with Gasteiger partial charge in [0.2, 0.25) is 6.79 Å². The van der Waals surface area contributed by atoms with Crippen LogP contribution in [0.1, 0.15) is 21.7 Å². The molecule has 7 nitrogen and oxygen atoms in total. The van der Waals surface area contributed by atoms with Crippen molar-refractivity contribution in [3.05, 3.63) is 47.4 Å². The van der Waals surface area contributed by atoms with Gasteiger partial charge in [-0.1, -0.05) is 6.07 Å². The lowest BCUT2D eigenvalue weighted by Crippen LogP contribution is -2.33. The van der Waals surface area contributed by atoms with E-state index < -0.39 is 0 Å². The van der Waals surface area contributed by atoms with Crippen molar-refractivity contribution < 1.29 is 23.4 Å². The minimum atomic E-state index is -0.131. The molecule has 0 fully saturated rings. The maximum absolute atomic E-state index is 12.7. The molecular formula is C17H21ClN2O5. The molecule has 25 heavy (non-hydrogen) atoms. The lowest BCUT2D eigenvalue weighted by Gasteiger charge is -2.22. The molecule has 1 aromatic carbocycles. The molecule has 0 radical (unpaired) electrons. The van der Waals surface area contributed by atoms with Crippen LogP contribution in [0.25, 0.3) is 0 Å². The molecule has 0 bridgehead atoms. The molecular weight excluding hydrogens is 348 g/mol. The summed E-state index contributed by atoms with van der Waals surface area (Å²) in [5.41, 5.74) is 6.96. The molecule has 0 spiro atoms. The average molecular weight is 369 g/mol. The van der Waals surface area contributed by atoms with E-state index >= 15 is 0 Å². The number of furan rings is 1. The van der Waals surface area contributed by atoms with Crippen molar-refractivity contribution >= 4 is 18.3 Å². The first kappa shape index (κ1) is 19.1. The van der Waals surface area contributed by atoms with Crippen molar-refractivity contribution in [3.8, 4) is 11.5 Å². The smallest absolute Gasteiger partial charge is 0.257 e. The molecule has 1 amide bonds. The van der Waals surface area contributed by atoms with Crippen LogP contribution in [0.5, 0.6) is 11.5 Å². The molecule has 0 unspecified atom stereocenters. The third kappa shape index (κ3) is 4.45. The highest BCUT2D eigenvalue weighted by Crippen LogP contribution is 2.32. The molecule has 2 heterocycles. The first-order valence-electron chi connectivity index (χ1n) is 7.65. The van der Waals surface area contributed by atoms with Gasteiger partial charge in [0, 0.05) is 20.2 Å². The average Bonchev–Trinajstić information content (AvgIpc) is 3.26. The lowest BCUT2D eigenvalue weighted by molar-refractivity contribution is 0.0679. The van der Waals surface area contributed by atoms with Crippen molar-refractivity contribution in [2.75, 3.05) is 27.1 Å². The number of nitrogens with zero attached hydrogens (tertiary/aromatic N) is 1. The summed E-state index contributed by atoms with van der Waals surface area (Å²) < 4.78 is 21.1. The van der Waals surface area contributed by atoms with Gasteiger partial charge >= 0.3 is 0 Å². The number of carbonyl (C=O) groups is 1. The standard InChI is InChI=1S/C17H20N2O5.ClH/c1-21-5-4-19(17(20)13-7-14(8-18)22-10-13)9-12-2-3-15-16(6-12)24-11-23-15;/h2-3,6-7,10H,4-5,8-9,11,18H2,1H3;1H. The predicted molar refractivity (Wildman–Crippen MR) is 93.0 cm³/mol. The van der Waals surface area contributed by atoms with Crippen molar-refractivity contribution in [2.24, 2.45) is 5.73 Å². The van der Waals surface area contributed by atoms with Crippen LogP contribution in [-0.4, -0.2) is 37.9 Å². The zero-order chi connectivity index (χ0) is 16.9. The van der Waals surface area contributed by atoms with Crippen LogP contribution < -0.4 is 15.2 Å². The van der Waals surface area contributed by atoms with Crippen LogP contribution in [0.15, 0.2) is 34.9 Å². The maximum Gasteiger partial charge on any atom is 0.257 e. The van der Waals surface area contributed by atoms with E-state index in [2.05, 4.69) is 0 Å². The van der Waals surface area contributed by atoms with Crippen LogP contribution in [0.3, 0.4) is 0 Å². The number of benzene rings is 1. The van der Waals surface area contributed by atoms with Crippen LogP contribution >= 0.6 is 12.4 Å². The summed E-state index contributed by atoms with van der Waals surface area (Å²) >= 11 is 0. The van der Waals surface area contributed by atoms with Crippen LogP contribution in [0.2, 0.25) is 0 Å². The molecule has 1 aromatic heterocycles. The Bertz CT molecular complexity index is 719. The van der Waals surface area contributed by atoms with Crippen molar-refractivity contribution in [2.45, 2.75) is 13.1 Å². The largest absolute Gasteiger partial charge is 0.467 e. The Morgan fingerprint density at radius 1 is 1.28 bits per heavy atom. The molecule has 1 aliphatic rings. The molecule has 3 rings (SSSR count). The predicted octanol–water partition coefficient (Wildman–Crippen LogP) is 2.18. The lowest BCUT2D eigenvalue weighted by atomic mass is 10.1. The summed E-state index contributed by atoms with van der Waals surface area (Å²) in [6.07, 6.45) is 1.43. The molecule has 0 saturated carbocycles. The molecule has 1 aliphatic heterocycles. The normalized spacial score (nSPS) is 11.9. The quantitative estimate of drug-likeness (QED) is 0.806. The highest BCUT2D eigenvalue weighted by Gasteiger charge is 2.20. The molecule has 136 valence electrons. The Kier molecular flexibility index (Phi) is 6.69. The van der Waals surface area contributed by atoms with E-state index in [0.29, 0.717) is 36.8 Å². The highest BCUT2D eigenvalue weighted by atomic mass is 35.5. The summed E-state index contributed by atoms with van der Waals surface area (Å²) in [4.78, 5) is 14.4. The summed E-state index contributed by atoms with van der Waals surface area (Å²) in [7, 11) is 1.60. The second kappa shape index (κ2) is 8.75. The van der Waals surface area contributed by atoms with E-state index in [4.69, 9.17) is 24.4 Å². The minimum Gasteiger partial charge on any atom is -0.467 e. The zero-order valence-electron chi connectivity index (χ0n) is 13.9. The topological polar surface area (TPSA) is 87.2 Å². The van der Waals surface area contributed by atoms with Crippen molar-refractivity contribution in [1.29, 1.82) is 0 Å². The van der Waals surface area contributed by atoms with Crippen LogP contribution in [0.4, 0.5) is 0 Å². The summed E-state index contributed by atoms with van der Waals surface area (Å²) in [6, 6.07) is 7.32. The maximum atomic E-state index is 12.7. The van der Waals surface area contributed by atoms with Gasteiger partial charge in [0.25, 0.3) is 5.91 Å². The van der Waals surface area contributed by atoms with Gasteiger partial charge in [-0.25, -0.2) is 0 Å². The van der Waals surface area contributed by atoms with Gasteiger partial charge in [0.1, 0.15) is 12.0 Å². The summed E-state index contributed by atoms with van der Waals surface area (Å²) in [5.74, 6) is 1.86. The molecule has 0 atom stereocenters.